The van der Waals surface area contributed by atoms with Gasteiger partial charge in [-0.05, 0) is 67.0 Å². The molecule has 1 aliphatic rings. The van der Waals surface area contributed by atoms with Crippen LogP contribution in [-0.4, -0.2) is 25.0 Å². The third-order valence-electron chi connectivity index (χ3n) is 3.58. The summed E-state index contributed by atoms with van der Waals surface area (Å²) >= 11 is 2.25. The van der Waals surface area contributed by atoms with Crippen LogP contribution in [0.15, 0.2) is 24.3 Å². The summed E-state index contributed by atoms with van der Waals surface area (Å²) in [5.41, 5.74) is 0.899. The summed E-state index contributed by atoms with van der Waals surface area (Å²) in [6.07, 6.45) is 3.80. The highest BCUT2D eigenvalue weighted by Gasteiger charge is 2.24. The fourth-order valence-corrected chi connectivity index (χ4v) is 3.04. The highest BCUT2D eigenvalue weighted by Crippen LogP contribution is 2.11. The van der Waals surface area contributed by atoms with Gasteiger partial charge < -0.3 is 10.2 Å². The molecule has 0 aliphatic carbocycles. The maximum Gasteiger partial charge on any atom is 0.279 e. The molecule has 0 saturated carbocycles. The van der Waals surface area contributed by atoms with Gasteiger partial charge in [-0.25, -0.2) is 0 Å². The van der Waals surface area contributed by atoms with E-state index < -0.39 is 0 Å². The van der Waals surface area contributed by atoms with E-state index in [9.17, 15) is 4.79 Å². The van der Waals surface area contributed by atoms with Crippen molar-refractivity contribution in [2.45, 2.75) is 32.2 Å². The third kappa shape index (κ3) is 3.95. The van der Waals surface area contributed by atoms with E-state index in [-0.39, 0.29) is 5.91 Å². The van der Waals surface area contributed by atoms with Crippen molar-refractivity contribution in [3.8, 4) is 0 Å². The van der Waals surface area contributed by atoms with Crippen molar-refractivity contribution < 1.29 is 9.69 Å². The first-order valence-corrected chi connectivity index (χ1v) is 7.63. The number of quaternary nitrogens is 1. The van der Waals surface area contributed by atoms with Gasteiger partial charge in [0.15, 0.2) is 6.54 Å². The molecule has 1 fully saturated rings. The predicted molar refractivity (Wildman–Crippen MR) is 81.8 cm³/mol. The largest absolute Gasteiger partial charge is 0.325 e. The highest BCUT2D eigenvalue weighted by molar-refractivity contribution is 14.1. The number of nitrogens with one attached hydrogen (secondary N) is 2. The zero-order valence-electron chi connectivity index (χ0n) is 10.7. The number of carbonyl (C=O) groups excluding carboxylic acids is 1. The molecular weight excluding hydrogens is 339 g/mol. The van der Waals surface area contributed by atoms with Crippen molar-refractivity contribution in [3.05, 3.63) is 27.8 Å². The van der Waals surface area contributed by atoms with Crippen LogP contribution < -0.4 is 10.2 Å². The Balaban J connectivity index is 1.88. The van der Waals surface area contributed by atoms with Gasteiger partial charge in [0.1, 0.15) is 0 Å². The van der Waals surface area contributed by atoms with Crippen molar-refractivity contribution in [2.24, 2.45) is 0 Å². The number of likely N-dealkylation sites (tertiary alicyclic amines) is 1. The number of rotatable bonds is 3. The van der Waals surface area contributed by atoms with Gasteiger partial charge in [-0.1, -0.05) is 6.07 Å². The van der Waals surface area contributed by atoms with Crippen LogP contribution >= 0.6 is 22.6 Å². The number of halogens is 1. The van der Waals surface area contributed by atoms with Crippen LogP contribution in [0.5, 0.6) is 0 Å². The molecule has 2 rings (SSSR count). The first-order chi connectivity index (χ1) is 8.65. The second-order valence-electron chi connectivity index (χ2n) is 5.04. The fourth-order valence-electron chi connectivity index (χ4n) is 2.49. The number of piperidine rings is 1. The highest BCUT2D eigenvalue weighted by atomic mass is 127. The smallest absolute Gasteiger partial charge is 0.279 e. The van der Waals surface area contributed by atoms with E-state index >= 15 is 0 Å². The van der Waals surface area contributed by atoms with Crippen LogP contribution in [0.25, 0.3) is 0 Å². The van der Waals surface area contributed by atoms with Crippen molar-refractivity contribution in [3.63, 3.8) is 0 Å². The topological polar surface area (TPSA) is 33.5 Å². The van der Waals surface area contributed by atoms with E-state index in [4.69, 9.17) is 0 Å². The van der Waals surface area contributed by atoms with E-state index in [1.54, 1.807) is 0 Å². The summed E-state index contributed by atoms with van der Waals surface area (Å²) in [6, 6.07) is 8.53. The van der Waals surface area contributed by atoms with Crippen LogP contribution in [0.1, 0.15) is 26.2 Å². The number of amides is 1. The second-order valence-corrected chi connectivity index (χ2v) is 6.29. The van der Waals surface area contributed by atoms with E-state index in [1.165, 1.54) is 24.2 Å². The SMILES string of the molecule is C[C@H]1CCCC[NH+]1CC(=O)Nc1cccc(I)c1. The van der Waals surface area contributed by atoms with Gasteiger partial charge in [0.05, 0.1) is 12.6 Å². The normalized spacial score (nSPS) is 23.7. The van der Waals surface area contributed by atoms with E-state index in [1.807, 2.05) is 24.3 Å². The minimum Gasteiger partial charge on any atom is -0.325 e. The minimum absolute atomic E-state index is 0.126. The van der Waals surface area contributed by atoms with Crippen molar-refractivity contribution in [1.82, 2.24) is 0 Å². The quantitative estimate of drug-likeness (QED) is 0.792. The summed E-state index contributed by atoms with van der Waals surface area (Å²) in [4.78, 5) is 13.4. The average molecular weight is 359 g/mol. The molecular formula is C14H20IN2O+. The molecule has 3 nitrogen and oxygen atoms in total. The van der Waals surface area contributed by atoms with Crippen LogP contribution in [0, 0.1) is 3.57 Å². The second kappa shape index (κ2) is 6.52. The molecule has 0 spiro atoms. The molecule has 0 aromatic heterocycles. The Morgan fingerprint density at radius 3 is 3.06 bits per heavy atom. The first-order valence-electron chi connectivity index (χ1n) is 6.55. The molecule has 1 saturated heterocycles. The van der Waals surface area contributed by atoms with Crippen LogP contribution in [0.3, 0.4) is 0 Å². The van der Waals surface area contributed by atoms with Gasteiger partial charge in [-0.2, -0.15) is 0 Å². The van der Waals surface area contributed by atoms with E-state index in [0.717, 1.165) is 15.8 Å². The number of carbonyl (C=O) groups is 1. The molecule has 1 amide bonds. The van der Waals surface area contributed by atoms with E-state index in [0.29, 0.717) is 12.6 Å². The zero-order valence-corrected chi connectivity index (χ0v) is 12.9. The molecule has 2 atom stereocenters. The zero-order chi connectivity index (χ0) is 13.0. The molecule has 1 aliphatic heterocycles. The van der Waals surface area contributed by atoms with Gasteiger partial charge in [-0.3, -0.25) is 4.79 Å². The summed E-state index contributed by atoms with van der Waals surface area (Å²) < 4.78 is 1.14. The molecule has 1 unspecified atom stereocenters. The predicted octanol–water partition coefficient (Wildman–Crippen LogP) is 1.69. The Labute approximate surface area is 122 Å². The fraction of sp³-hybridized carbons (Fsp3) is 0.500. The number of benzene rings is 1. The summed E-state index contributed by atoms with van der Waals surface area (Å²) in [5.74, 6) is 0.126. The Morgan fingerprint density at radius 1 is 1.50 bits per heavy atom. The minimum atomic E-state index is 0.126. The van der Waals surface area contributed by atoms with Crippen LogP contribution in [0.4, 0.5) is 5.69 Å². The number of hydrogen-bond donors (Lipinski definition) is 2. The molecule has 1 heterocycles. The van der Waals surface area contributed by atoms with Gasteiger partial charge in [-0.15, -0.1) is 0 Å². The molecule has 0 bridgehead atoms. The molecule has 4 heteroatoms. The molecule has 98 valence electrons. The Hall–Kier alpha value is -0.620. The van der Waals surface area contributed by atoms with Gasteiger partial charge in [0, 0.05) is 9.26 Å². The van der Waals surface area contributed by atoms with Crippen LogP contribution in [-0.2, 0) is 4.79 Å². The Bertz CT molecular complexity index is 422. The lowest BCUT2D eigenvalue weighted by molar-refractivity contribution is -0.920. The monoisotopic (exact) mass is 359 g/mol. The standard InChI is InChI=1S/C14H19IN2O/c1-11-5-2-3-8-17(11)10-14(18)16-13-7-4-6-12(15)9-13/h4,6-7,9,11H,2-3,5,8,10H2,1H3,(H,16,18)/p+1/t11-/m0/s1. The van der Waals surface area contributed by atoms with Gasteiger partial charge >= 0.3 is 0 Å². The lowest BCUT2D eigenvalue weighted by atomic mass is 10.0. The van der Waals surface area contributed by atoms with Gasteiger partial charge in [0.25, 0.3) is 5.91 Å². The van der Waals surface area contributed by atoms with Crippen molar-refractivity contribution in [1.29, 1.82) is 0 Å². The third-order valence-corrected chi connectivity index (χ3v) is 4.25. The maximum atomic E-state index is 12.0. The summed E-state index contributed by atoms with van der Waals surface area (Å²) in [6.45, 7) is 3.96. The average Bonchev–Trinajstić information content (AvgIpc) is 2.32. The van der Waals surface area contributed by atoms with E-state index in [2.05, 4.69) is 34.8 Å². The summed E-state index contributed by atoms with van der Waals surface area (Å²) in [7, 11) is 0. The maximum absolute atomic E-state index is 12.0. The Kier molecular flexibility index (Phi) is 5.00. The van der Waals surface area contributed by atoms with Gasteiger partial charge in [0.2, 0.25) is 0 Å². The molecule has 0 radical (unpaired) electrons. The van der Waals surface area contributed by atoms with Crippen LogP contribution in [0.2, 0.25) is 0 Å². The van der Waals surface area contributed by atoms with Crippen molar-refractivity contribution in [2.75, 3.05) is 18.4 Å². The molecule has 2 N–H and O–H groups in total. The number of anilines is 1. The lowest BCUT2D eigenvalue weighted by Crippen LogP contribution is -3.17. The lowest BCUT2D eigenvalue weighted by Gasteiger charge is -2.29. The Morgan fingerprint density at radius 2 is 2.33 bits per heavy atom. The molecule has 1 aromatic carbocycles. The first kappa shape index (κ1) is 13.8. The molecule has 18 heavy (non-hydrogen) atoms. The number of hydrogen-bond acceptors (Lipinski definition) is 1. The molecule has 1 aromatic rings. The van der Waals surface area contributed by atoms with Crippen molar-refractivity contribution >= 4 is 34.2 Å². The summed E-state index contributed by atoms with van der Waals surface area (Å²) in [5, 5.41) is 2.99.